The van der Waals surface area contributed by atoms with Crippen LogP contribution < -0.4 is 15.8 Å². The van der Waals surface area contributed by atoms with E-state index in [0.29, 0.717) is 23.0 Å². The molecule has 0 radical (unpaired) electrons. The molecule has 0 spiro atoms. The Morgan fingerprint density at radius 3 is 2.32 bits per heavy atom. The molecule has 0 bridgehead atoms. The first-order chi connectivity index (χ1) is 16.1. The van der Waals surface area contributed by atoms with Crippen molar-refractivity contribution in [2.24, 2.45) is 5.73 Å². The number of furan rings is 1. The Balaban J connectivity index is 1.72. The van der Waals surface area contributed by atoms with Crippen LogP contribution in [-0.4, -0.2) is 23.9 Å². The number of thiophene rings is 1. The van der Waals surface area contributed by atoms with Gasteiger partial charge in [-0.05, 0) is 62.1 Å². The van der Waals surface area contributed by atoms with Crippen molar-refractivity contribution < 1.29 is 28.3 Å². The zero-order valence-electron chi connectivity index (χ0n) is 19.8. The van der Waals surface area contributed by atoms with Crippen molar-refractivity contribution in [2.45, 2.75) is 53.2 Å². The molecule has 0 saturated heterocycles. The van der Waals surface area contributed by atoms with E-state index in [2.05, 4.69) is 19.2 Å². The summed E-state index contributed by atoms with van der Waals surface area (Å²) >= 11 is 0.916. The Labute approximate surface area is 202 Å². The maximum atomic E-state index is 12.8. The molecule has 0 aliphatic rings. The Morgan fingerprint density at radius 1 is 1.06 bits per heavy atom. The minimum atomic E-state index is -0.694. The second-order valence-electron chi connectivity index (χ2n) is 8.31. The molecule has 0 unspecified atom stereocenters. The molecule has 2 heterocycles. The third-order valence-electron chi connectivity index (χ3n) is 4.96. The fraction of sp³-hybridized carbons (Fsp3) is 0.320. The molecule has 9 heteroatoms. The largest absolute Gasteiger partial charge is 0.486 e. The van der Waals surface area contributed by atoms with Gasteiger partial charge in [0.1, 0.15) is 23.1 Å². The van der Waals surface area contributed by atoms with Crippen LogP contribution in [-0.2, 0) is 11.3 Å². The molecular formula is C25H28N2O6S. The summed E-state index contributed by atoms with van der Waals surface area (Å²) in [6.07, 6.45) is -0.374. The lowest BCUT2D eigenvalue weighted by Crippen LogP contribution is -2.17. The molecule has 1 aromatic carbocycles. The van der Waals surface area contributed by atoms with E-state index >= 15 is 0 Å². The number of ether oxygens (including phenoxy) is 2. The number of rotatable bonds is 9. The van der Waals surface area contributed by atoms with E-state index in [-0.39, 0.29) is 33.9 Å². The molecular weight excluding hydrogens is 456 g/mol. The van der Waals surface area contributed by atoms with Crippen molar-refractivity contribution in [3.05, 3.63) is 69.5 Å². The highest BCUT2D eigenvalue weighted by Gasteiger charge is 2.27. The number of amides is 2. The van der Waals surface area contributed by atoms with Crippen molar-refractivity contribution in [3.8, 4) is 5.75 Å². The molecule has 180 valence electrons. The van der Waals surface area contributed by atoms with Gasteiger partial charge in [0, 0.05) is 0 Å². The van der Waals surface area contributed by atoms with Gasteiger partial charge in [0.15, 0.2) is 5.76 Å². The van der Waals surface area contributed by atoms with E-state index in [1.54, 1.807) is 26.8 Å². The van der Waals surface area contributed by atoms with Gasteiger partial charge in [0.2, 0.25) is 0 Å². The van der Waals surface area contributed by atoms with Gasteiger partial charge >= 0.3 is 5.97 Å². The fourth-order valence-corrected chi connectivity index (χ4v) is 4.24. The molecule has 0 aliphatic heterocycles. The van der Waals surface area contributed by atoms with Crippen molar-refractivity contribution in [2.75, 3.05) is 5.32 Å². The summed E-state index contributed by atoms with van der Waals surface area (Å²) in [4.78, 5) is 37.3. The average molecular weight is 485 g/mol. The Kier molecular flexibility index (Phi) is 7.78. The standard InChI is InChI=1S/C25H28N2O6S/c1-13(2)16-6-8-17(9-7-16)31-12-18-10-11-19(33-18)23(29)27-24-20(25(30)32-14(3)4)15(5)21(34-24)22(26)28/h6-11,13-14H,12H2,1-5H3,(H2,26,28)(H,27,29). The maximum Gasteiger partial charge on any atom is 0.341 e. The smallest absolute Gasteiger partial charge is 0.341 e. The van der Waals surface area contributed by atoms with Gasteiger partial charge < -0.3 is 24.9 Å². The molecule has 3 N–H and O–H groups in total. The van der Waals surface area contributed by atoms with E-state index < -0.39 is 17.8 Å². The Bertz CT molecular complexity index is 1190. The molecule has 0 fully saturated rings. The lowest BCUT2D eigenvalue weighted by molar-refractivity contribution is 0.0379. The van der Waals surface area contributed by atoms with Crippen molar-refractivity contribution in [3.63, 3.8) is 0 Å². The first-order valence-electron chi connectivity index (χ1n) is 10.8. The van der Waals surface area contributed by atoms with Gasteiger partial charge in [-0.3, -0.25) is 9.59 Å². The third kappa shape index (κ3) is 5.85. The van der Waals surface area contributed by atoms with Crippen LogP contribution in [0.1, 0.15) is 81.1 Å². The highest BCUT2D eigenvalue weighted by atomic mass is 32.1. The lowest BCUT2D eigenvalue weighted by Gasteiger charge is -2.10. The number of esters is 1. The molecule has 3 aromatic rings. The number of benzene rings is 1. The summed E-state index contributed by atoms with van der Waals surface area (Å²) in [5.74, 6) is -0.318. The summed E-state index contributed by atoms with van der Waals surface area (Å²) in [6, 6.07) is 10.9. The number of carbonyl (C=O) groups excluding carboxylic acids is 3. The van der Waals surface area contributed by atoms with Gasteiger partial charge in [0.25, 0.3) is 11.8 Å². The SMILES string of the molecule is Cc1c(C(N)=O)sc(NC(=O)c2ccc(COc3ccc(C(C)C)cc3)o2)c1C(=O)OC(C)C. The molecule has 2 aromatic heterocycles. The van der Waals surface area contributed by atoms with Crippen LogP contribution in [0.5, 0.6) is 5.75 Å². The van der Waals surface area contributed by atoms with E-state index in [4.69, 9.17) is 19.6 Å². The van der Waals surface area contributed by atoms with Gasteiger partial charge in [-0.1, -0.05) is 26.0 Å². The highest BCUT2D eigenvalue weighted by Crippen LogP contribution is 2.34. The summed E-state index contributed by atoms with van der Waals surface area (Å²) in [5.41, 5.74) is 7.09. The second-order valence-corrected chi connectivity index (χ2v) is 9.33. The summed E-state index contributed by atoms with van der Waals surface area (Å²) in [5, 5.41) is 2.81. The van der Waals surface area contributed by atoms with E-state index in [1.165, 1.54) is 11.6 Å². The van der Waals surface area contributed by atoms with Crippen LogP contribution >= 0.6 is 11.3 Å². The number of primary amides is 1. The number of hydrogen-bond acceptors (Lipinski definition) is 7. The van der Waals surface area contributed by atoms with Gasteiger partial charge in [0.05, 0.1) is 16.5 Å². The minimum absolute atomic E-state index is 0.0311. The van der Waals surface area contributed by atoms with E-state index in [9.17, 15) is 14.4 Å². The van der Waals surface area contributed by atoms with Crippen LogP contribution in [0.2, 0.25) is 0 Å². The van der Waals surface area contributed by atoms with Crippen LogP contribution in [0.25, 0.3) is 0 Å². The lowest BCUT2D eigenvalue weighted by atomic mass is 10.0. The monoisotopic (exact) mass is 484 g/mol. The van der Waals surface area contributed by atoms with Crippen LogP contribution in [0.15, 0.2) is 40.8 Å². The third-order valence-corrected chi connectivity index (χ3v) is 6.18. The number of carbonyl (C=O) groups is 3. The number of hydrogen-bond donors (Lipinski definition) is 2. The van der Waals surface area contributed by atoms with Crippen molar-refractivity contribution in [1.82, 2.24) is 0 Å². The van der Waals surface area contributed by atoms with E-state index in [0.717, 1.165) is 11.3 Å². The fourth-order valence-electron chi connectivity index (χ4n) is 3.20. The topological polar surface area (TPSA) is 121 Å². The van der Waals surface area contributed by atoms with Crippen molar-refractivity contribution >= 4 is 34.1 Å². The predicted molar refractivity (Wildman–Crippen MR) is 130 cm³/mol. The molecule has 8 nitrogen and oxygen atoms in total. The summed E-state index contributed by atoms with van der Waals surface area (Å²) in [7, 11) is 0. The van der Waals surface area contributed by atoms with Gasteiger partial charge in [-0.25, -0.2) is 4.79 Å². The van der Waals surface area contributed by atoms with Crippen LogP contribution in [0.4, 0.5) is 5.00 Å². The minimum Gasteiger partial charge on any atom is -0.486 e. The predicted octanol–water partition coefficient (Wildman–Crippen LogP) is 5.27. The molecule has 3 rings (SSSR count). The highest BCUT2D eigenvalue weighted by molar-refractivity contribution is 7.18. The first kappa shape index (κ1) is 25.0. The molecule has 0 atom stereocenters. The summed E-state index contributed by atoms with van der Waals surface area (Å²) < 4.78 is 16.6. The average Bonchev–Trinajstić information content (AvgIpc) is 3.36. The van der Waals surface area contributed by atoms with Crippen molar-refractivity contribution in [1.29, 1.82) is 0 Å². The van der Waals surface area contributed by atoms with Crippen LogP contribution in [0.3, 0.4) is 0 Å². The van der Waals surface area contributed by atoms with Crippen LogP contribution in [0, 0.1) is 6.92 Å². The normalized spacial score (nSPS) is 11.0. The van der Waals surface area contributed by atoms with Gasteiger partial charge in [-0.15, -0.1) is 11.3 Å². The molecule has 0 aliphatic carbocycles. The zero-order chi connectivity index (χ0) is 25.0. The van der Waals surface area contributed by atoms with E-state index in [1.807, 2.05) is 24.3 Å². The van der Waals surface area contributed by atoms with Gasteiger partial charge in [-0.2, -0.15) is 0 Å². The molecule has 0 saturated carbocycles. The number of nitrogens with two attached hydrogens (primary N) is 1. The maximum absolute atomic E-state index is 12.8. The quantitative estimate of drug-likeness (QED) is 0.399. The first-order valence-corrected chi connectivity index (χ1v) is 11.7. The Morgan fingerprint density at radius 2 is 1.74 bits per heavy atom. The molecule has 34 heavy (non-hydrogen) atoms. The molecule has 2 amide bonds. The summed E-state index contributed by atoms with van der Waals surface area (Å²) in [6.45, 7) is 9.38. The second kappa shape index (κ2) is 10.6. The zero-order valence-corrected chi connectivity index (χ0v) is 20.6. The number of nitrogens with one attached hydrogen (secondary N) is 1. The number of anilines is 1. The Hall–Kier alpha value is -3.59.